The van der Waals surface area contributed by atoms with Crippen molar-refractivity contribution < 1.29 is 18.3 Å². The summed E-state index contributed by atoms with van der Waals surface area (Å²) in [6.07, 6.45) is 0.0599. The van der Waals surface area contributed by atoms with Crippen LogP contribution in [-0.2, 0) is 21.2 Å². The van der Waals surface area contributed by atoms with Gasteiger partial charge in [-0.15, -0.1) is 0 Å². The molecule has 0 amide bonds. The van der Waals surface area contributed by atoms with E-state index in [1.54, 1.807) is 30.3 Å². The first-order chi connectivity index (χ1) is 10.4. The van der Waals surface area contributed by atoms with Crippen molar-refractivity contribution in [1.82, 2.24) is 4.72 Å². The molecule has 6 nitrogen and oxygen atoms in total. The van der Waals surface area contributed by atoms with E-state index in [-0.39, 0.29) is 11.3 Å². The van der Waals surface area contributed by atoms with Crippen LogP contribution in [0.1, 0.15) is 5.56 Å². The molecule has 0 aliphatic heterocycles. The monoisotopic (exact) mass is 320 g/mol. The Morgan fingerprint density at radius 3 is 2.23 bits per heavy atom. The summed E-state index contributed by atoms with van der Waals surface area (Å²) < 4.78 is 26.7. The van der Waals surface area contributed by atoms with Crippen molar-refractivity contribution in [2.45, 2.75) is 17.4 Å². The Hall–Kier alpha value is -2.38. The quantitative estimate of drug-likeness (QED) is 0.694. The molecule has 2 aromatic rings. The molecule has 0 unspecified atom stereocenters. The van der Waals surface area contributed by atoms with Crippen molar-refractivity contribution in [2.75, 3.05) is 5.73 Å². The van der Waals surface area contributed by atoms with E-state index < -0.39 is 22.0 Å². The molecule has 2 aromatic carbocycles. The number of nitrogen functional groups attached to an aromatic ring is 1. The normalized spacial score (nSPS) is 12.7. The van der Waals surface area contributed by atoms with Crippen LogP contribution < -0.4 is 10.5 Å². The van der Waals surface area contributed by atoms with Crippen LogP contribution in [-0.4, -0.2) is 25.5 Å². The number of rotatable bonds is 6. The van der Waals surface area contributed by atoms with Crippen molar-refractivity contribution in [3.8, 4) is 0 Å². The van der Waals surface area contributed by atoms with Gasteiger partial charge < -0.3 is 10.8 Å². The van der Waals surface area contributed by atoms with Gasteiger partial charge in [-0.3, -0.25) is 4.79 Å². The summed E-state index contributed by atoms with van der Waals surface area (Å²) in [6, 6.07) is 13.1. The van der Waals surface area contributed by atoms with E-state index >= 15 is 0 Å². The molecule has 0 aliphatic rings. The predicted molar refractivity (Wildman–Crippen MR) is 82.7 cm³/mol. The third kappa shape index (κ3) is 4.06. The second-order valence-electron chi connectivity index (χ2n) is 4.77. The Labute approximate surface area is 128 Å². The molecule has 0 saturated heterocycles. The Bertz CT molecular complexity index is 743. The maximum Gasteiger partial charge on any atom is 0.322 e. The van der Waals surface area contributed by atoms with Crippen LogP contribution in [0.15, 0.2) is 59.5 Å². The van der Waals surface area contributed by atoms with Crippen LogP contribution in [0.3, 0.4) is 0 Å². The molecular formula is C15H16N2O4S. The highest BCUT2D eigenvalue weighted by Crippen LogP contribution is 2.13. The Balaban J connectivity index is 2.20. The maximum absolute atomic E-state index is 12.2. The maximum atomic E-state index is 12.2. The minimum Gasteiger partial charge on any atom is -0.480 e. The molecule has 0 aliphatic carbocycles. The molecule has 0 saturated carbocycles. The van der Waals surface area contributed by atoms with Gasteiger partial charge in [-0.05, 0) is 36.2 Å². The highest BCUT2D eigenvalue weighted by atomic mass is 32.2. The molecule has 0 spiro atoms. The zero-order valence-electron chi connectivity index (χ0n) is 11.6. The van der Waals surface area contributed by atoms with E-state index in [2.05, 4.69) is 4.72 Å². The number of nitrogens with one attached hydrogen (secondary N) is 1. The van der Waals surface area contributed by atoms with Crippen molar-refractivity contribution in [3.05, 3.63) is 60.2 Å². The molecule has 7 heteroatoms. The van der Waals surface area contributed by atoms with E-state index in [9.17, 15) is 18.3 Å². The fourth-order valence-corrected chi connectivity index (χ4v) is 3.12. The summed E-state index contributed by atoms with van der Waals surface area (Å²) in [5, 5.41) is 9.24. The van der Waals surface area contributed by atoms with Gasteiger partial charge in [-0.2, -0.15) is 4.72 Å². The number of carboxylic acid groups (broad SMARTS) is 1. The van der Waals surface area contributed by atoms with E-state index in [1.807, 2.05) is 0 Å². The molecule has 2 rings (SSSR count). The van der Waals surface area contributed by atoms with Crippen molar-refractivity contribution in [1.29, 1.82) is 0 Å². The molecule has 1 atom stereocenters. The van der Waals surface area contributed by atoms with Crippen molar-refractivity contribution in [3.63, 3.8) is 0 Å². The van der Waals surface area contributed by atoms with Crippen LogP contribution in [0.2, 0.25) is 0 Å². The van der Waals surface area contributed by atoms with Gasteiger partial charge in [0.15, 0.2) is 0 Å². The number of carboxylic acids is 1. The SMILES string of the molecule is Nc1ccc(S(=O)(=O)N[C@H](Cc2ccccc2)C(=O)O)cc1. The Morgan fingerprint density at radius 1 is 1.09 bits per heavy atom. The molecule has 116 valence electrons. The minimum atomic E-state index is -3.93. The lowest BCUT2D eigenvalue weighted by Gasteiger charge is -2.15. The van der Waals surface area contributed by atoms with Crippen molar-refractivity contribution in [2.24, 2.45) is 0 Å². The van der Waals surface area contributed by atoms with Crippen LogP contribution in [0.5, 0.6) is 0 Å². The summed E-state index contributed by atoms with van der Waals surface area (Å²) in [4.78, 5) is 11.3. The molecule has 22 heavy (non-hydrogen) atoms. The van der Waals surface area contributed by atoms with Gasteiger partial charge in [0, 0.05) is 5.69 Å². The third-order valence-electron chi connectivity index (χ3n) is 3.07. The lowest BCUT2D eigenvalue weighted by atomic mass is 10.1. The van der Waals surface area contributed by atoms with Crippen LogP contribution in [0, 0.1) is 0 Å². The summed E-state index contributed by atoms with van der Waals surface area (Å²) in [6.45, 7) is 0. The van der Waals surface area contributed by atoms with Gasteiger partial charge >= 0.3 is 5.97 Å². The lowest BCUT2D eigenvalue weighted by molar-refractivity contribution is -0.138. The summed E-state index contributed by atoms with van der Waals surface area (Å²) in [5.41, 5.74) is 6.67. The number of anilines is 1. The molecule has 0 aromatic heterocycles. The number of hydrogen-bond acceptors (Lipinski definition) is 4. The second-order valence-corrected chi connectivity index (χ2v) is 6.48. The van der Waals surface area contributed by atoms with Gasteiger partial charge in [-0.1, -0.05) is 30.3 Å². The van der Waals surface area contributed by atoms with Gasteiger partial charge in [0.25, 0.3) is 0 Å². The zero-order valence-corrected chi connectivity index (χ0v) is 12.5. The van der Waals surface area contributed by atoms with Gasteiger partial charge in [0.2, 0.25) is 10.0 Å². The average Bonchev–Trinajstić information content (AvgIpc) is 2.48. The Morgan fingerprint density at radius 2 is 1.68 bits per heavy atom. The van der Waals surface area contributed by atoms with E-state index in [0.717, 1.165) is 5.56 Å². The predicted octanol–water partition coefficient (Wildman–Crippen LogP) is 1.24. The van der Waals surface area contributed by atoms with Crippen LogP contribution in [0.4, 0.5) is 5.69 Å². The standard InChI is InChI=1S/C15H16N2O4S/c16-12-6-8-13(9-7-12)22(20,21)17-14(15(18)19)10-11-4-2-1-3-5-11/h1-9,14,17H,10,16H2,(H,18,19)/t14-/m1/s1. The lowest BCUT2D eigenvalue weighted by Crippen LogP contribution is -2.42. The highest BCUT2D eigenvalue weighted by Gasteiger charge is 2.25. The van der Waals surface area contributed by atoms with Crippen molar-refractivity contribution >= 4 is 21.7 Å². The minimum absolute atomic E-state index is 0.0268. The topological polar surface area (TPSA) is 109 Å². The van der Waals surface area contributed by atoms with Gasteiger partial charge in [0.05, 0.1) is 4.90 Å². The van der Waals surface area contributed by atoms with Crippen LogP contribution >= 0.6 is 0 Å². The molecular weight excluding hydrogens is 304 g/mol. The molecule has 0 heterocycles. The summed E-state index contributed by atoms with van der Waals surface area (Å²) >= 11 is 0. The number of benzene rings is 2. The number of hydrogen-bond donors (Lipinski definition) is 3. The van der Waals surface area contributed by atoms with E-state index in [0.29, 0.717) is 5.69 Å². The number of aliphatic carboxylic acids is 1. The number of carbonyl (C=O) groups is 1. The molecule has 4 N–H and O–H groups in total. The second kappa shape index (κ2) is 6.59. The van der Waals surface area contributed by atoms with E-state index in [1.165, 1.54) is 24.3 Å². The first-order valence-corrected chi connectivity index (χ1v) is 8.01. The first kappa shape index (κ1) is 16.0. The zero-order chi connectivity index (χ0) is 16.2. The number of sulfonamides is 1. The van der Waals surface area contributed by atoms with Gasteiger partial charge in [0.1, 0.15) is 6.04 Å². The molecule has 0 fully saturated rings. The fraction of sp³-hybridized carbons (Fsp3) is 0.133. The average molecular weight is 320 g/mol. The summed E-state index contributed by atoms with van der Waals surface area (Å²) in [7, 11) is -3.93. The smallest absolute Gasteiger partial charge is 0.322 e. The van der Waals surface area contributed by atoms with Gasteiger partial charge in [-0.25, -0.2) is 8.42 Å². The highest BCUT2D eigenvalue weighted by molar-refractivity contribution is 7.89. The molecule has 0 bridgehead atoms. The first-order valence-electron chi connectivity index (χ1n) is 6.53. The van der Waals surface area contributed by atoms with E-state index in [4.69, 9.17) is 5.73 Å². The number of nitrogens with two attached hydrogens (primary N) is 1. The fourth-order valence-electron chi connectivity index (χ4n) is 1.93. The molecule has 0 radical (unpaired) electrons. The third-order valence-corrected chi connectivity index (χ3v) is 4.56. The Kier molecular flexibility index (Phi) is 4.79. The summed E-state index contributed by atoms with van der Waals surface area (Å²) in [5.74, 6) is -1.23. The largest absolute Gasteiger partial charge is 0.480 e. The van der Waals surface area contributed by atoms with Crippen LogP contribution in [0.25, 0.3) is 0 Å².